The molecule has 1 unspecified atom stereocenters. The second kappa shape index (κ2) is 5.64. The molecule has 1 atom stereocenters. The lowest BCUT2D eigenvalue weighted by molar-refractivity contribution is 0.149. The van der Waals surface area contributed by atoms with Crippen LogP contribution in [-0.4, -0.2) is 18.3 Å². The van der Waals surface area contributed by atoms with E-state index < -0.39 is 0 Å². The van der Waals surface area contributed by atoms with E-state index in [1.165, 1.54) is 12.1 Å². The highest BCUT2D eigenvalue weighted by atomic mass is 79.9. The smallest absolute Gasteiger partial charge is 0.124 e. The number of rotatable bonds is 5. The van der Waals surface area contributed by atoms with Crippen LogP contribution in [0.2, 0.25) is 0 Å². The van der Waals surface area contributed by atoms with Crippen molar-refractivity contribution < 1.29 is 9.50 Å². The topological polar surface area (TPSA) is 32.3 Å². The van der Waals surface area contributed by atoms with Gasteiger partial charge in [-0.15, -0.1) is 0 Å². The molecule has 2 nitrogen and oxygen atoms in total. The number of anilines is 1. The van der Waals surface area contributed by atoms with E-state index in [1.54, 1.807) is 6.07 Å². The van der Waals surface area contributed by atoms with Gasteiger partial charge in [0.05, 0.1) is 6.61 Å². The van der Waals surface area contributed by atoms with E-state index in [0.717, 1.165) is 12.1 Å². The number of halogens is 2. The highest BCUT2D eigenvalue weighted by molar-refractivity contribution is 9.10. The lowest BCUT2D eigenvalue weighted by Gasteiger charge is -2.26. The van der Waals surface area contributed by atoms with Gasteiger partial charge in [0.2, 0.25) is 0 Å². The molecule has 0 fully saturated rings. The molecule has 0 aliphatic carbocycles. The van der Waals surface area contributed by atoms with E-state index in [1.807, 2.05) is 13.8 Å². The van der Waals surface area contributed by atoms with E-state index in [-0.39, 0.29) is 17.8 Å². The average molecular weight is 290 g/mol. The normalized spacial score (nSPS) is 14.6. The molecule has 0 saturated carbocycles. The van der Waals surface area contributed by atoms with Gasteiger partial charge in [-0.1, -0.05) is 13.8 Å². The Balaban J connectivity index is 2.67. The van der Waals surface area contributed by atoms with Gasteiger partial charge in [-0.05, 0) is 40.5 Å². The summed E-state index contributed by atoms with van der Waals surface area (Å²) in [5.74, 6) is -0.266. The molecule has 0 spiro atoms. The largest absolute Gasteiger partial charge is 0.396 e. The highest BCUT2D eigenvalue weighted by Gasteiger charge is 2.20. The molecule has 2 N–H and O–H groups in total. The maximum Gasteiger partial charge on any atom is 0.124 e. The lowest BCUT2D eigenvalue weighted by atomic mass is 9.88. The lowest BCUT2D eigenvalue weighted by Crippen LogP contribution is -2.29. The van der Waals surface area contributed by atoms with E-state index in [4.69, 9.17) is 0 Å². The second-order valence-corrected chi connectivity index (χ2v) is 5.15. The van der Waals surface area contributed by atoms with Gasteiger partial charge in [0.25, 0.3) is 0 Å². The van der Waals surface area contributed by atoms with E-state index in [0.29, 0.717) is 11.0 Å². The first-order valence-corrected chi connectivity index (χ1v) is 6.10. The molecule has 1 aromatic carbocycles. The molecule has 0 radical (unpaired) electrons. The Morgan fingerprint density at radius 1 is 1.50 bits per heavy atom. The van der Waals surface area contributed by atoms with Crippen molar-refractivity contribution in [1.29, 1.82) is 0 Å². The number of benzene rings is 1. The van der Waals surface area contributed by atoms with Crippen LogP contribution >= 0.6 is 15.9 Å². The predicted octanol–water partition coefficient (Wildman–Crippen LogP) is 3.41. The third kappa shape index (κ3) is 3.46. The van der Waals surface area contributed by atoms with Gasteiger partial charge in [-0.2, -0.15) is 0 Å². The van der Waals surface area contributed by atoms with Gasteiger partial charge in [0, 0.05) is 22.1 Å². The summed E-state index contributed by atoms with van der Waals surface area (Å²) in [6.45, 7) is 4.84. The first kappa shape index (κ1) is 13.5. The summed E-state index contributed by atoms with van der Waals surface area (Å²) in [6, 6.07) is 4.52. The van der Waals surface area contributed by atoms with Crippen LogP contribution in [0.1, 0.15) is 20.3 Å². The summed E-state index contributed by atoms with van der Waals surface area (Å²) in [7, 11) is 0. The van der Waals surface area contributed by atoms with Crippen molar-refractivity contribution >= 4 is 21.6 Å². The maximum absolute atomic E-state index is 12.9. The fraction of sp³-hybridized carbons (Fsp3) is 0.500. The van der Waals surface area contributed by atoms with Crippen molar-refractivity contribution in [2.24, 2.45) is 5.41 Å². The zero-order valence-corrected chi connectivity index (χ0v) is 11.1. The van der Waals surface area contributed by atoms with Crippen molar-refractivity contribution in [2.75, 3.05) is 18.5 Å². The molecule has 90 valence electrons. The zero-order chi connectivity index (χ0) is 12.2. The fourth-order valence-corrected chi connectivity index (χ4v) is 1.73. The Labute approximate surface area is 104 Å². The molecule has 0 bridgehead atoms. The quantitative estimate of drug-likeness (QED) is 0.871. The minimum Gasteiger partial charge on any atom is -0.396 e. The summed E-state index contributed by atoms with van der Waals surface area (Å²) in [5.41, 5.74) is 0.697. The van der Waals surface area contributed by atoms with Crippen LogP contribution in [0.5, 0.6) is 0 Å². The molecule has 4 heteroatoms. The van der Waals surface area contributed by atoms with Gasteiger partial charge in [-0.3, -0.25) is 0 Å². The van der Waals surface area contributed by atoms with Gasteiger partial charge in [0.1, 0.15) is 5.82 Å². The Hall–Kier alpha value is -0.610. The molecule has 0 aliphatic heterocycles. The minimum atomic E-state index is -0.266. The van der Waals surface area contributed by atoms with E-state index >= 15 is 0 Å². The fourth-order valence-electron chi connectivity index (χ4n) is 1.23. The first-order valence-electron chi connectivity index (χ1n) is 5.30. The predicted molar refractivity (Wildman–Crippen MR) is 68.1 cm³/mol. The van der Waals surface area contributed by atoms with Gasteiger partial charge >= 0.3 is 0 Å². The van der Waals surface area contributed by atoms with Crippen LogP contribution in [0.25, 0.3) is 0 Å². The van der Waals surface area contributed by atoms with E-state index in [2.05, 4.69) is 21.2 Å². The molecule has 0 heterocycles. The van der Waals surface area contributed by atoms with Gasteiger partial charge < -0.3 is 10.4 Å². The Morgan fingerprint density at radius 3 is 2.69 bits per heavy atom. The molecule has 0 aromatic heterocycles. The zero-order valence-electron chi connectivity index (χ0n) is 9.56. The summed E-state index contributed by atoms with van der Waals surface area (Å²) < 4.78 is 13.6. The molecule has 1 rings (SSSR count). The number of nitrogens with one attached hydrogen (secondary N) is 1. The van der Waals surface area contributed by atoms with Crippen LogP contribution < -0.4 is 5.32 Å². The number of hydrogen-bond donors (Lipinski definition) is 2. The molecular weight excluding hydrogens is 273 g/mol. The van der Waals surface area contributed by atoms with Crippen LogP contribution in [0, 0.1) is 11.2 Å². The van der Waals surface area contributed by atoms with Crippen molar-refractivity contribution in [3.05, 3.63) is 28.5 Å². The highest BCUT2D eigenvalue weighted by Crippen LogP contribution is 2.26. The van der Waals surface area contributed by atoms with Crippen molar-refractivity contribution in [2.45, 2.75) is 20.3 Å². The Kier molecular flexibility index (Phi) is 4.74. The maximum atomic E-state index is 12.9. The Bertz CT molecular complexity index is 353. The summed E-state index contributed by atoms with van der Waals surface area (Å²) in [5, 5.41) is 12.5. The van der Waals surface area contributed by atoms with Crippen LogP contribution in [-0.2, 0) is 0 Å². The summed E-state index contributed by atoms with van der Waals surface area (Å²) in [6.07, 6.45) is 0.884. The van der Waals surface area contributed by atoms with Crippen LogP contribution in [0.4, 0.5) is 10.1 Å². The SMILES string of the molecule is CCC(C)(CO)CNc1ccc(F)cc1Br. The standard InChI is InChI=1S/C12H17BrFNO/c1-3-12(2,8-16)7-15-11-5-4-9(14)6-10(11)13/h4-6,15-16H,3,7-8H2,1-2H3. The second-order valence-electron chi connectivity index (χ2n) is 4.30. The summed E-state index contributed by atoms with van der Waals surface area (Å²) in [4.78, 5) is 0. The van der Waals surface area contributed by atoms with Crippen LogP contribution in [0.3, 0.4) is 0 Å². The summed E-state index contributed by atoms with van der Waals surface area (Å²) >= 11 is 3.29. The third-order valence-electron chi connectivity index (χ3n) is 2.87. The molecule has 16 heavy (non-hydrogen) atoms. The molecule has 0 amide bonds. The first-order chi connectivity index (χ1) is 7.50. The van der Waals surface area contributed by atoms with Gasteiger partial charge in [-0.25, -0.2) is 4.39 Å². The monoisotopic (exact) mass is 289 g/mol. The molecule has 0 aliphatic rings. The number of aliphatic hydroxyl groups excluding tert-OH is 1. The number of aliphatic hydroxyl groups is 1. The van der Waals surface area contributed by atoms with Gasteiger partial charge in [0.15, 0.2) is 0 Å². The van der Waals surface area contributed by atoms with Crippen LogP contribution in [0.15, 0.2) is 22.7 Å². The third-order valence-corrected chi connectivity index (χ3v) is 3.53. The van der Waals surface area contributed by atoms with Crippen molar-refractivity contribution in [3.8, 4) is 0 Å². The van der Waals surface area contributed by atoms with Crippen molar-refractivity contribution in [3.63, 3.8) is 0 Å². The van der Waals surface area contributed by atoms with Crippen molar-refractivity contribution in [1.82, 2.24) is 0 Å². The number of hydrogen-bond acceptors (Lipinski definition) is 2. The molecule has 0 saturated heterocycles. The van der Waals surface area contributed by atoms with E-state index in [9.17, 15) is 9.50 Å². The minimum absolute atomic E-state index is 0.134. The average Bonchev–Trinajstić information content (AvgIpc) is 2.27. The molecule has 1 aromatic rings. The molecular formula is C12H17BrFNO. The Morgan fingerprint density at radius 2 is 2.19 bits per heavy atom.